The van der Waals surface area contributed by atoms with Crippen molar-refractivity contribution in [1.82, 2.24) is 0 Å². The van der Waals surface area contributed by atoms with Gasteiger partial charge in [-0.1, -0.05) is 31.6 Å². The molecule has 0 aromatic carbocycles. The number of unbranched alkanes of at least 4 members (excludes halogenated alkanes) is 1. The Kier molecular flexibility index (Phi) is 4.05. The van der Waals surface area contributed by atoms with Gasteiger partial charge < -0.3 is 19.7 Å². The molecule has 112 valence electrons. The molecule has 4 nitrogen and oxygen atoms in total. The molecule has 3 fully saturated rings. The summed E-state index contributed by atoms with van der Waals surface area (Å²) < 4.78 is 11.5. The number of aliphatic hydroxyl groups is 2. The summed E-state index contributed by atoms with van der Waals surface area (Å²) >= 11 is 0. The molecule has 0 amide bonds. The predicted octanol–water partition coefficient (Wildman–Crippen LogP) is 1.30. The van der Waals surface area contributed by atoms with Gasteiger partial charge in [0.1, 0.15) is 6.10 Å². The van der Waals surface area contributed by atoms with E-state index in [1.54, 1.807) is 0 Å². The van der Waals surface area contributed by atoms with Crippen molar-refractivity contribution in [2.45, 2.75) is 57.0 Å². The van der Waals surface area contributed by atoms with E-state index in [2.05, 4.69) is 18.8 Å². The summed E-state index contributed by atoms with van der Waals surface area (Å²) in [6.07, 6.45) is 3.41. The van der Waals surface area contributed by atoms with Crippen LogP contribution < -0.4 is 0 Å². The molecule has 0 aromatic rings. The fourth-order valence-corrected chi connectivity index (χ4v) is 3.83. The number of fused-ring (bicyclic) bond motifs is 2. The van der Waals surface area contributed by atoms with Crippen LogP contribution in [0.5, 0.6) is 0 Å². The summed E-state index contributed by atoms with van der Waals surface area (Å²) in [6.45, 7) is 3.41. The number of ether oxygens (including phenoxy) is 2. The molecule has 5 unspecified atom stereocenters. The zero-order valence-corrected chi connectivity index (χ0v) is 12.0. The highest BCUT2D eigenvalue weighted by molar-refractivity contribution is 5.18. The second-order valence-corrected chi connectivity index (χ2v) is 6.26. The molecule has 0 bridgehead atoms. The van der Waals surface area contributed by atoms with Crippen LogP contribution in [0.3, 0.4) is 0 Å². The van der Waals surface area contributed by atoms with Crippen molar-refractivity contribution in [3.63, 3.8) is 0 Å². The molecule has 1 spiro atoms. The van der Waals surface area contributed by atoms with E-state index in [0.717, 1.165) is 32.1 Å². The van der Waals surface area contributed by atoms with Gasteiger partial charge in [0.25, 0.3) is 0 Å². The van der Waals surface area contributed by atoms with Gasteiger partial charge in [0, 0.05) is 18.3 Å². The SMILES string of the molecule is CCCCC(O)C#CC1CC2C(CC23OCCO3)C1O. The van der Waals surface area contributed by atoms with Crippen LogP contribution in [0, 0.1) is 29.6 Å². The first kappa shape index (κ1) is 14.3. The monoisotopic (exact) mass is 280 g/mol. The molecule has 20 heavy (non-hydrogen) atoms. The molecule has 1 saturated heterocycles. The van der Waals surface area contributed by atoms with Crippen LogP contribution >= 0.6 is 0 Å². The number of aliphatic hydroxyl groups excluding tert-OH is 2. The van der Waals surface area contributed by atoms with Gasteiger partial charge in [-0.25, -0.2) is 0 Å². The Morgan fingerprint density at radius 2 is 2.10 bits per heavy atom. The van der Waals surface area contributed by atoms with E-state index in [9.17, 15) is 10.2 Å². The molecule has 2 saturated carbocycles. The third kappa shape index (κ3) is 2.37. The first-order valence-electron chi connectivity index (χ1n) is 7.81. The van der Waals surface area contributed by atoms with E-state index in [-0.39, 0.29) is 17.8 Å². The predicted molar refractivity (Wildman–Crippen MR) is 73.7 cm³/mol. The summed E-state index contributed by atoms with van der Waals surface area (Å²) in [6, 6.07) is 0. The lowest BCUT2D eigenvalue weighted by Gasteiger charge is -2.48. The molecule has 2 N–H and O–H groups in total. The highest BCUT2D eigenvalue weighted by Crippen LogP contribution is 2.58. The smallest absolute Gasteiger partial charge is 0.172 e. The lowest BCUT2D eigenvalue weighted by molar-refractivity contribution is -0.275. The molecule has 2 aliphatic carbocycles. The van der Waals surface area contributed by atoms with Crippen LogP contribution in [-0.4, -0.2) is 41.4 Å². The minimum atomic E-state index is -0.562. The Morgan fingerprint density at radius 1 is 1.35 bits per heavy atom. The zero-order chi connectivity index (χ0) is 14.2. The van der Waals surface area contributed by atoms with Crippen molar-refractivity contribution in [3.05, 3.63) is 0 Å². The number of rotatable bonds is 3. The van der Waals surface area contributed by atoms with Crippen molar-refractivity contribution in [2.24, 2.45) is 17.8 Å². The summed E-state index contributed by atoms with van der Waals surface area (Å²) in [7, 11) is 0. The third-order valence-electron chi connectivity index (χ3n) is 5.00. The topological polar surface area (TPSA) is 58.9 Å². The maximum Gasteiger partial charge on any atom is 0.172 e. The molecule has 5 atom stereocenters. The van der Waals surface area contributed by atoms with E-state index in [4.69, 9.17) is 9.47 Å². The Hall–Kier alpha value is -0.600. The minimum absolute atomic E-state index is 0.0477. The molecule has 1 aliphatic heterocycles. The van der Waals surface area contributed by atoms with Gasteiger partial charge in [0.2, 0.25) is 0 Å². The van der Waals surface area contributed by atoms with E-state index >= 15 is 0 Å². The standard InChI is InChI=1S/C16H24O4/c1-2-3-4-12(17)6-5-11-9-14-13(15(11)18)10-16(14)19-7-8-20-16/h11-15,17-18H,2-4,7-10H2,1H3. The summed E-state index contributed by atoms with van der Waals surface area (Å²) in [5.74, 6) is 6.03. The van der Waals surface area contributed by atoms with E-state index in [1.165, 1.54) is 0 Å². The molecule has 0 aromatic heterocycles. The Balaban J connectivity index is 1.58. The number of hydrogen-bond donors (Lipinski definition) is 2. The molecular weight excluding hydrogens is 256 g/mol. The van der Waals surface area contributed by atoms with Crippen molar-refractivity contribution >= 4 is 0 Å². The summed E-state index contributed by atoms with van der Waals surface area (Å²) in [4.78, 5) is 0. The van der Waals surface area contributed by atoms with Gasteiger partial charge in [-0.3, -0.25) is 0 Å². The fourth-order valence-electron chi connectivity index (χ4n) is 3.83. The minimum Gasteiger partial charge on any atom is -0.392 e. The van der Waals surface area contributed by atoms with E-state index < -0.39 is 18.0 Å². The normalized spacial score (nSPS) is 39.0. The van der Waals surface area contributed by atoms with E-state index in [0.29, 0.717) is 13.2 Å². The maximum absolute atomic E-state index is 10.3. The van der Waals surface area contributed by atoms with Gasteiger partial charge in [0.15, 0.2) is 5.79 Å². The average molecular weight is 280 g/mol. The van der Waals surface area contributed by atoms with Crippen LogP contribution in [0.15, 0.2) is 0 Å². The lowest BCUT2D eigenvalue weighted by Crippen LogP contribution is -2.54. The van der Waals surface area contributed by atoms with Crippen molar-refractivity contribution in [1.29, 1.82) is 0 Å². The average Bonchev–Trinajstić information content (AvgIpc) is 3.01. The Bertz CT molecular complexity index is 404. The molecule has 0 radical (unpaired) electrons. The second-order valence-electron chi connectivity index (χ2n) is 6.26. The largest absolute Gasteiger partial charge is 0.392 e. The van der Waals surface area contributed by atoms with Crippen molar-refractivity contribution < 1.29 is 19.7 Å². The van der Waals surface area contributed by atoms with Gasteiger partial charge in [-0.2, -0.15) is 0 Å². The lowest BCUT2D eigenvalue weighted by atomic mass is 9.69. The Morgan fingerprint density at radius 3 is 2.80 bits per heavy atom. The van der Waals surface area contributed by atoms with Crippen LogP contribution in [0.4, 0.5) is 0 Å². The van der Waals surface area contributed by atoms with Crippen molar-refractivity contribution in [3.8, 4) is 11.8 Å². The molecule has 1 heterocycles. The van der Waals surface area contributed by atoms with Crippen LogP contribution in [0.25, 0.3) is 0 Å². The molecule has 3 rings (SSSR count). The van der Waals surface area contributed by atoms with Crippen LogP contribution in [0.1, 0.15) is 39.0 Å². The Labute approximate surface area is 120 Å². The molecule has 3 aliphatic rings. The highest BCUT2D eigenvalue weighted by Gasteiger charge is 2.64. The van der Waals surface area contributed by atoms with Gasteiger partial charge in [0.05, 0.1) is 19.3 Å². The van der Waals surface area contributed by atoms with E-state index in [1.807, 2.05) is 0 Å². The van der Waals surface area contributed by atoms with Gasteiger partial charge in [-0.15, -0.1) is 0 Å². The van der Waals surface area contributed by atoms with Crippen LogP contribution in [0.2, 0.25) is 0 Å². The third-order valence-corrected chi connectivity index (χ3v) is 5.00. The summed E-state index contributed by atoms with van der Waals surface area (Å²) in [5, 5.41) is 20.1. The van der Waals surface area contributed by atoms with Crippen molar-refractivity contribution in [2.75, 3.05) is 13.2 Å². The first-order chi connectivity index (χ1) is 9.66. The highest BCUT2D eigenvalue weighted by atomic mass is 16.7. The van der Waals surface area contributed by atoms with Gasteiger partial charge >= 0.3 is 0 Å². The fraction of sp³-hybridized carbons (Fsp3) is 0.875. The van der Waals surface area contributed by atoms with Gasteiger partial charge in [-0.05, 0) is 18.8 Å². The maximum atomic E-state index is 10.3. The second kappa shape index (κ2) is 5.65. The quantitative estimate of drug-likeness (QED) is 0.765. The zero-order valence-electron chi connectivity index (χ0n) is 12.0. The van der Waals surface area contributed by atoms with Crippen LogP contribution in [-0.2, 0) is 9.47 Å². The molecular formula is C16H24O4. The summed E-state index contributed by atoms with van der Waals surface area (Å²) in [5.41, 5.74) is 0. The number of hydrogen-bond acceptors (Lipinski definition) is 4. The molecule has 4 heteroatoms. The first-order valence-corrected chi connectivity index (χ1v) is 7.81.